The summed E-state index contributed by atoms with van der Waals surface area (Å²) in [5.41, 5.74) is 1.42. The molecule has 2 N–H and O–H groups in total. The molecule has 0 radical (unpaired) electrons. The summed E-state index contributed by atoms with van der Waals surface area (Å²) in [6, 6.07) is 0. The lowest BCUT2D eigenvalue weighted by Gasteiger charge is -2.19. The summed E-state index contributed by atoms with van der Waals surface area (Å²) in [7, 11) is 0. The Balaban J connectivity index is 2.07. The van der Waals surface area contributed by atoms with Crippen LogP contribution in [0.1, 0.15) is 104 Å². The van der Waals surface area contributed by atoms with Crippen molar-refractivity contribution >= 4 is 11.8 Å². The summed E-state index contributed by atoms with van der Waals surface area (Å²) >= 11 is 0. The van der Waals surface area contributed by atoms with Crippen molar-refractivity contribution in [3.05, 3.63) is 11.6 Å². The Morgan fingerprint density at radius 3 is 2.07 bits per heavy atom. The van der Waals surface area contributed by atoms with E-state index in [1.807, 2.05) is 0 Å². The number of unbranched alkanes of at least 4 members (excludes halogenated alkanes) is 6. The Morgan fingerprint density at radius 1 is 0.926 bits per heavy atom. The van der Waals surface area contributed by atoms with E-state index in [-0.39, 0.29) is 6.42 Å². The zero-order chi connectivity index (χ0) is 20.1. The first-order valence-corrected chi connectivity index (χ1v) is 11.0. The van der Waals surface area contributed by atoms with E-state index in [4.69, 9.17) is 5.11 Å². The van der Waals surface area contributed by atoms with Gasteiger partial charge in [0.15, 0.2) is 0 Å². The molecule has 0 bridgehead atoms. The highest BCUT2D eigenvalue weighted by Gasteiger charge is 2.26. The number of hydrogen-bond donors (Lipinski definition) is 2. The molecule has 1 rings (SSSR count). The van der Waals surface area contributed by atoms with Crippen LogP contribution < -0.4 is 0 Å². The predicted octanol–water partition coefficient (Wildman–Crippen LogP) is 5.67. The summed E-state index contributed by atoms with van der Waals surface area (Å²) in [6.45, 7) is 4.32. The number of allylic oxidation sites excluding steroid dienone is 2. The highest BCUT2D eigenvalue weighted by Crippen LogP contribution is 2.38. The number of carboxylic acid groups (broad SMARTS) is 1. The minimum absolute atomic E-state index is 0.273. The van der Waals surface area contributed by atoms with Crippen LogP contribution in [-0.2, 0) is 9.59 Å². The molecule has 0 aromatic carbocycles. The first kappa shape index (κ1) is 23.9. The number of rotatable bonds is 15. The smallest absolute Gasteiger partial charge is 0.374 e. The second-order valence-corrected chi connectivity index (χ2v) is 8.55. The quantitative estimate of drug-likeness (QED) is 0.218. The van der Waals surface area contributed by atoms with E-state index < -0.39 is 17.9 Å². The maximum Gasteiger partial charge on any atom is 0.374 e. The molecule has 1 fully saturated rings. The molecule has 0 saturated heterocycles. The van der Waals surface area contributed by atoms with Crippen molar-refractivity contribution in [1.29, 1.82) is 0 Å². The molecule has 0 amide bonds. The monoisotopic (exact) mass is 380 g/mol. The van der Waals surface area contributed by atoms with E-state index in [0.29, 0.717) is 0 Å². The molecule has 1 unspecified atom stereocenters. The number of aliphatic hydroxyl groups is 1. The summed E-state index contributed by atoms with van der Waals surface area (Å²) in [5, 5.41) is 18.1. The normalized spacial score (nSPS) is 20.4. The molecule has 156 valence electrons. The standard InChI is InChI=1S/C23H40O4/c1-18(2)12-7-5-3-4-6-8-13-19-15-11-16-20(19)14-9-10-17-21(24)22(25)23(26)27/h12,19-21,24H,3-11,13-17H2,1-2H3,(H,26,27)/t19-,20-,21?/m0/s1. The van der Waals surface area contributed by atoms with Gasteiger partial charge in [0.05, 0.1) is 0 Å². The number of carboxylic acids is 1. The van der Waals surface area contributed by atoms with Crippen molar-refractivity contribution in [2.45, 2.75) is 110 Å². The second kappa shape index (κ2) is 13.9. The Labute approximate surface area is 165 Å². The van der Waals surface area contributed by atoms with Gasteiger partial charge in [0.1, 0.15) is 6.10 Å². The van der Waals surface area contributed by atoms with Crippen LogP contribution >= 0.6 is 0 Å². The lowest BCUT2D eigenvalue weighted by atomic mass is 9.86. The van der Waals surface area contributed by atoms with Crippen LogP contribution in [0.5, 0.6) is 0 Å². The highest BCUT2D eigenvalue weighted by atomic mass is 16.4. The Morgan fingerprint density at radius 2 is 1.48 bits per heavy atom. The summed E-state index contributed by atoms with van der Waals surface area (Å²) < 4.78 is 0. The number of hydrogen-bond acceptors (Lipinski definition) is 3. The number of aliphatic carboxylic acids is 1. The topological polar surface area (TPSA) is 74.6 Å². The Bertz CT molecular complexity index is 465. The van der Waals surface area contributed by atoms with Gasteiger partial charge in [-0.15, -0.1) is 0 Å². The van der Waals surface area contributed by atoms with Crippen LogP contribution in [-0.4, -0.2) is 28.1 Å². The van der Waals surface area contributed by atoms with E-state index in [9.17, 15) is 14.7 Å². The van der Waals surface area contributed by atoms with Gasteiger partial charge in [-0.05, 0) is 44.9 Å². The third-order valence-corrected chi connectivity index (χ3v) is 5.96. The minimum atomic E-state index is -1.53. The van der Waals surface area contributed by atoms with Crippen LogP contribution in [0.25, 0.3) is 0 Å². The Hall–Kier alpha value is -1.16. The van der Waals surface area contributed by atoms with Crippen molar-refractivity contribution < 1.29 is 19.8 Å². The highest BCUT2D eigenvalue weighted by molar-refractivity contribution is 6.34. The molecule has 27 heavy (non-hydrogen) atoms. The lowest BCUT2D eigenvalue weighted by Crippen LogP contribution is -2.27. The molecule has 4 heteroatoms. The van der Waals surface area contributed by atoms with Crippen molar-refractivity contribution in [2.75, 3.05) is 0 Å². The van der Waals surface area contributed by atoms with Gasteiger partial charge in [0.2, 0.25) is 0 Å². The summed E-state index contributed by atoms with van der Waals surface area (Å²) in [6.07, 6.45) is 17.4. The maximum atomic E-state index is 11.2. The molecule has 1 aliphatic rings. The Kier molecular flexibility index (Phi) is 12.3. The van der Waals surface area contributed by atoms with E-state index in [1.54, 1.807) is 0 Å². The van der Waals surface area contributed by atoms with Crippen LogP contribution in [0, 0.1) is 11.8 Å². The maximum absolute atomic E-state index is 11.2. The molecule has 1 aliphatic carbocycles. The fourth-order valence-corrected chi connectivity index (χ4v) is 4.36. The van der Waals surface area contributed by atoms with Gasteiger partial charge >= 0.3 is 5.97 Å². The zero-order valence-corrected chi connectivity index (χ0v) is 17.4. The average molecular weight is 381 g/mol. The zero-order valence-electron chi connectivity index (χ0n) is 17.4. The first-order valence-electron chi connectivity index (χ1n) is 11.0. The SMILES string of the molecule is CC(C)=CCCCCCCC[C@H]1CCC[C@@H]1CCCCC(O)C(=O)C(=O)O. The van der Waals surface area contributed by atoms with E-state index >= 15 is 0 Å². The molecular formula is C23H40O4. The number of aliphatic hydroxyl groups excluding tert-OH is 1. The number of ketones is 1. The van der Waals surface area contributed by atoms with Gasteiger partial charge in [-0.2, -0.15) is 0 Å². The second-order valence-electron chi connectivity index (χ2n) is 8.55. The largest absolute Gasteiger partial charge is 0.475 e. The molecule has 3 atom stereocenters. The van der Waals surface area contributed by atoms with E-state index in [0.717, 1.165) is 31.1 Å². The summed E-state index contributed by atoms with van der Waals surface area (Å²) in [4.78, 5) is 21.7. The minimum Gasteiger partial charge on any atom is -0.475 e. The van der Waals surface area contributed by atoms with Gasteiger partial charge in [-0.3, -0.25) is 4.79 Å². The summed E-state index contributed by atoms with van der Waals surface area (Å²) in [5.74, 6) is -0.971. The van der Waals surface area contributed by atoms with Crippen molar-refractivity contribution in [3.8, 4) is 0 Å². The van der Waals surface area contributed by atoms with Crippen LogP contribution in [0.4, 0.5) is 0 Å². The fourth-order valence-electron chi connectivity index (χ4n) is 4.36. The molecule has 0 aromatic heterocycles. The van der Waals surface area contributed by atoms with Crippen LogP contribution in [0.3, 0.4) is 0 Å². The van der Waals surface area contributed by atoms with E-state index in [1.165, 1.54) is 69.8 Å². The fraction of sp³-hybridized carbons (Fsp3) is 0.826. The number of carbonyl (C=O) groups excluding carboxylic acids is 1. The number of Topliss-reactive ketones (excluding diaryl/α,β-unsaturated/α-hetero) is 1. The van der Waals surface area contributed by atoms with Crippen molar-refractivity contribution in [2.24, 2.45) is 11.8 Å². The third-order valence-electron chi connectivity index (χ3n) is 5.96. The van der Waals surface area contributed by atoms with E-state index in [2.05, 4.69) is 19.9 Å². The van der Waals surface area contributed by atoms with Gasteiger partial charge in [-0.25, -0.2) is 4.79 Å². The van der Waals surface area contributed by atoms with Gasteiger partial charge < -0.3 is 10.2 Å². The average Bonchev–Trinajstić information content (AvgIpc) is 3.07. The molecule has 0 aromatic rings. The molecule has 0 spiro atoms. The van der Waals surface area contributed by atoms with Gasteiger partial charge in [0, 0.05) is 0 Å². The predicted molar refractivity (Wildman–Crippen MR) is 110 cm³/mol. The molecule has 0 aliphatic heterocycles. The third kappa shape index (κ3) is 10.7. The van der Waals surface area contributed by atoms with Crippen LogP contribution in [0.15, 0.2) is 11.6 Å². The van der Waals surface area contributed by atoms with Gasteiger partial charge in [-0.1, -0.05) is 82.3 Å². The molecule has 4 nitrogen and oxygen atoms in total. The lowest BCUT2D eigenvalue weighted by molar-refractivity contribution is -0.153. The van der Waals surface area contributed by atoms with Crippen molar-refractivity contribution in [3.63, 3.8) is 0 Å². The molecule has 1 saturated carbocycles. The molecular weight excluding hydrogens is 340 g/mol. The van der Waals surface area contributed by atoms with Crippen LogP contribution in [0.2, 0.25) is 0 Å². The van der Waals surface area contributed by atoms with Crippen molar-refractivity contribution in [1.82, 2.24) is 0 Å². The molecule has 0 heterocycles. The van der Waals surface area contributed by atoms with Gasteiger partial charge in [0.25, 0.3) is 5.78 Å². The number of carbonyl (C=O) groups is 2. The first-order chi connectivity index (χ1) is 12.9.